The van der Waals surface area contributed by atoms with Gasteiger partial charge in [0.05, 0.1) is 12.1 Å². The molecule has 3 rings (SSSR count). The van der Waals surface area contributed by atoms with Crippen molar-refractivity contribution in [2.75, 3.05) is 19.9 Å². The number of nitriles is 1. The molecule has 0 aliphatic carbocycles. The van der Waals surface area contributed by atoms with Gasteiger partial charge in [0, 0.05) is 6.54 Å². The molecule has 6 nitrogen and oxygen atoms in total. The highest BCUT2D eigenvalue weighted by molar-refractivity contribution is 5.77. The van der Waals surface area contributed by atoms with Gasteiger partial charge in [-0.15, -0.1) is 0 Å². The fourth-order valence-electron chi connectivity index (χ4n) is 2.42. The number of hydrogen-bond donors (Lipinski definition) is 1. The van der Waals surface area contributed by atoms with Gasteiger partial charge in [-0.3, -0.25) is 0 Å². The van der Waals surface area contributed by atoms with Crippen LogP contribution in [0.2, 0.25) is 0 Å². The van der Waals surface area contributed by atoms with Crippen LogP contribution in [-0.4, -0.2) is 30.8 Å². The number of benzene rings is 1. The first-order valence-electron chi connectivity index (χ1n) is 6.01. The number of amides is 2. The average Bonchev–Trinajstić information content (AvgIpc) is 2.96. The fourth-order valence-corrected chi connectivity index (χ4v) is 2.42. The number of aryl methyl sites for hydroxylation is 1. The van der Waals surface area contributed by atoms with Crippen molar-refractivity contribution < 1.29 is 14.3 Å². The third kappa shape index (κ3) is 1.93. The third-order valence-corrected chi connectivity index (χ3v) is 3.39. The van der Waals surface area contributed by atoms with E-state index in [2.05, 4.69) is 5.32 Å². The number of fused-ring (bicyclic) bond motifs is 1. The van der Waals surface area contributed by atoms with Gasteiger partial charge in [0.25, 0.3) is 0 Å². The molecule has 2 heterocycles. The molecule has 1 fully saturated rings. The van der Waals surface area contributed by atoms with E-state index in [-0.39, 0.29) is 25.4 Å². The van der Waals surface area contributed by atoms with Crippen LogP contribution >= 0.6 is 0 Å². The number of hydrogen-bond acceptors (Lipinski definition) is 4. The Hall–Kier alpha value is -2.42. The number of urea groups is 1. The summed E-state index contributed by atoms with van der Waals surface area (Å²) in [7, 11) is 0. The summed E-state index contributed by atoms with van der Waals surface area (Å²) in [5.74, 6) is 1.44. The normalized spacial score (nSPS) is 20.3. The highest BCUT2D eigenvalue weighted by Crippen LogP contribution is 2.37. The van der Waals surface area contributed by atoms with Gasteiger partial charge >= 0.3 is 6.03 Å². The van der Waals surface area contributed by atoms with Crippen molar-refractivity contribution >= 4 is 6.03 Å². The number of carbonyl (C=O) groups is 1. The summed E-state index contributed by atoms with van der Waals surface area (Å²) in [6.07, 6.45) is 0. The van der Waals surface area contributed by atoms with Crippen LogP contribution < -0.4 is 14.8 Å². The average molecular weight is 259 g/mol. The molecule has 0 aromatic heterocycles. The van der Waals surface area contributed by atoms with Crippen LogP contribution in [-0.2, 0) is 0 Å². The maximum atomic E-state index is 11.7. The van der Waals surface area contributed by atoms with Crippen molar-refractivity contribution in [3.8, 4) is 17.6 Å². The standard InChI is InChI=1S/C13H13N3O3/c1-8-4-11-12(19-7-18-11)5-9(8)10-6-16(3-2-14)13(17)15-10/h4-5,10H,3,6-7H2,1H3,(H,15,17). The lowest BCUT2D eigenvalue weighted by atomic mass is 10.0. The molecular weight excluding hydrogens is 246 g/mol. The monoisotopic (exact) mass is 259 g/mol. The van der Waals surface area contributed by atoms with Gasteiger partial charge < -0.3 is 19.7 Å². The van der Waals surface area contributed by atoms with Gasteiger partial charge in [-0.05, 0) is 30.2 Å². The van der Waals surface area contributed by atoms with Crippen LogP contribution in [0, 0.1) is 18.3 Å². The van der Waals surface area contributed by atoms with Crippen LogP contribution in [0.3, 0.4) is 0 Å². The van der Waals surface area contributed by atoms with Crippen LogP contribution in [0.4, 0.5) is 4.79 Å². The predicted molar refractivity (Wildman–Crippen MR) is 65.8 cm³/mol. The molecule has 2 amide bonds. The molecule has 6 heteroatoms. The zero-order valence-corrected chi connectivity index (χ0v) is 10.5. The maximum absolute atomic E-state index is 11.7. The Morgan fingerprint density at radius 2 is 2.21 bits per heavy atom. The summed E-state index contributed by atoms with van der Waals surface area (Å²) < 4.78 is 10.7. The zero-order chi connectivity index (χ0) is 13.4. The summed E-state index contributed by atoms with van der Waals surface area (Å²) in [6.45, 7) is 2.80. The van der Waals surface area contributed by atoms with Crippen molar-refractivity contribution in [1.82, 2.24) is 10.2 Å². The van der Waals surface area contributed by atoms with Crippen molar-refractivity contribution in [2.45, 2.75) is 13.0 Å². The predicted octanol–water partition coefficient (Wildman–Crippen LogP) is 1.31. The Morgan fingerprint density at radius 1 is 1.47 bits per heavy atom. The highest BCUT2D eigenvalue weighted by atomic mass is 16.7. The zero-order valence-electron chi connectivity index (χ0n) is 10.5. The van der Waals surface area contributed by atoms with Gasteiger partial charge in [0.15, 0.2) is 11.5 Å². The molecule has 19 heavy (non-hydrogen) atoms. The minimum Gasteiger partial charge on any atom is -0.454 e. The first-order chi connectivity index (χ1) is 9.19. The lowest BCUT2D eigenvalue weighted by Gasteiger charge is -2.14. The third-order valence-electron chi connectivity index (χ3n) is 3.39. The van der Waals surface area contributed by atoms with Crippen molar-refractivity contribution in [1.29, 1.82) is 5.26 Å². The van der Waals surface area contributed by atoms with E-state index in [1.165, 1.54) is 4.90 Å². The largest absolute Gasteiger partial charge is 0.454 e. The van der Waals surface area contributed by atoms with E-state index in [9.17, 15) is 4.79 Å². The molecule has 1 aromatic rings. The minimum atomic E-state index is -0.205. The van der Waals surface area contributed by atoms with Gasteiger partial charge in [-0.1, -0.05) is 0 Å². The van der Waals surface area contributed by atoms with E-state index in [4.69, 9.17) is 14.7 Å². The van der Waals surface area contributed by atoms with Crippen LogP contribution in [0.15, 0.2) is 12.1 Å². The van der Waals surface area contributed by atoms with E-state index in [0.29, 0.717) is 12.3 Å². The first kappa shape index (κ1) is 11.7. The van der Waals surface area contributed by atoms with Gasteiger partial charge in [0.1, 0.15) is 6.54 Å². The van der Waals surface area contributed by atoms with E-state index in [1.54, 1.807) is 0 Å². The minimum absolute atomic E-state index is 0.103. The van der Waals surface area contributed by atoms with E-state index >= 15 is 0 Å². The van der Waals surface area contributed by atoms with E-state index in [0.717, 1.165) is 16.9 Å². The molecule has 1 N–H and O–H groups in total. The summed E-state index contributed by atoms with van der Waals surface area (Å²) in [4.78, 5) is 13.2. The highest BCUT2D eigenvalue weighted by Gasteiger charge is 2.31. The van der Waals surface area contributed by atoms with Crippen molar-refractivity contribution in [3.05, 3.63) is 23.3 Å². The molecule has 1 atom stereocenters. The van der Waals surface area contributed by atoms with Crippen molar-refractivity contribution in [3.63, 3.8) is 0 Å². The Kier molecular flexibility index (Phi) is 2.67. The second kappa shape index (κ2) is 4.35. The molecule has 2 aliphatic heterocycles. The smallest absolute Gasteiger partial charge is 0.318 e. The Labute approximate surface area is 110 Å². The molecule has 1 saturated heterocycles. The SMILES string of the molecule is Cc1cc2c(cc1C1CN(CC#N)C(=O)N1)OCO2. The molecule has 98 valence electrons. The van der Waals surface area contributed by atoms with Crippen molar-refractivity contribution in [2.24, 2.45) is 0 Å². The number of nitrogens with zero attached hydrogens (tertiary/aromatic N) is 2. The lowest BCUT2D eigenvalue weighted by molar-refractivity contribution is 0.174. The number of carbonyl (C=O) groups excluding carboxylic acids is 1. The molecule has 0 bridgehead atoms. The molecule has 1 aromatic carbocycles. The Bertz CT molecular complexity index is 579. The van der Waals surface area contributed by atoms with Crippen LogP contribution in [0.1, 0.15) is 17.2 Å². The molecule has 2 aliphatic rings. The topological polar surface area (TPSA) is 74.6 Å². The Morgan fingerprint density at radius 3 is 2.95 bits per heavy atom. The van der Waals surface area contributed by atoms with E-state index < -0.39 is 0 Å². The molecule has 0 radical (unpaired) electrons. The Balaban J connectivity index is 1.88. The number of ether oxygens (including phenoxy) is 2. The summed E-state index contributed by atoms with van der Waals surface area (Å²) in [6, 6.07) is 5.48. The van der Waals surface area contributed by atoms with E-state index in [1.807, 2.05) is 25.1 Å². The summed E-state index contributed by atoms with van der Waals surface area (Å²) >= 11 is 0. The maximum Gasteiger partial charge on any atom is 0.318 e. The summed E-state index contributed by atoms with van der Waals surface area (Å²) in [5, 5.41) is 11.6. The number of rotatable bonds is 2. The first-order valence-corrected chi connectivity index (χ1v) is 6.01. The van der Waals surface area contributed by atoms with Crippen LogP contribution in [0.25, 0.3) is 0 Å². The van der Waals surface area contributed by atoms with Crippen LogP contribution in [0.5, 0.6) is 11.5 Å². The lowest BCUT2D eigenvalue weighted by Crippen LogP contribution is -2.28. The molecular formula is C13H13N3O3. The van der Waals surface area contributed by atoms with Gasteiger partial charge in [-0.25, -0.2) is 4.79 Å². The fraction of sp³-hybridized carbons (Fsp3) is 0.385. The summed E-state index contributed by atoms with van der Waals surface area (Å²) in [5.41, 5.74) is 2.03. The number of nitrogens with one attached hydrogen (secondary N) is 1. The second-order valence-electron chi connectivity index (χ2n) is 4.60. The quantitative estimate of drug-likeness (QED) is 0.813. The molecule has 0 saturated carbocycles. The molecule has 0 spiro atoms. The second-order valence-corrected chi connectivity index (χ2v) is 4.60. The van der Waals surface area contributed by atoms with Gasteiger partial charge in [0.2, 0.25) is 6.79 Å². The van der Waals surface area contributed by atoms with Gasteiger partial charge in [-0.2, -0.15) is 5.26 Å². The molecule has 1 unspecified atom stereocenters.